The summed E-state index contributed by atoms with van der Waals surface area (Å²) in [6, 6.07) is 7.42. The summed E-state index contributed by atoms with van der Waals surface area (Å²) < 4.78 is 8.01. The van der Waals surface area contributed by atoms with Gasteiger partial charge in [0.15, 0.2) is 0 Å². The Morgan fingerprint density at radius 3 is 3.00 bits per heavy atom. The second-order valence-corrected chi connectivity index (χ2v) is 6.40. The largest absolute Gasteiger partial charge is 0.374 e. The fourth-order valence-electron chi connectivity index (χ4n) is 2.65. The van der Waals surface area contributed by atoms with Crippen LogP contribution in [0.5, 0.6) is 0 Å². The minimum atomic E-state index is -0.0966. The number of fused-ring (bicyclic) bond motifs is 1. The predicted molar refractivity (Wildman–Crippen MR) is 86.1 cm³/mol. The third-order valence-electron chi connectivity index (χ3n) is 3.81. The molecule has 1 atom stereocenters. The maximum Gasteiger partial charge on any atom is 0.268 e. The van der Waals surface area contributed by atoms with Gasteiger partial charge in [0.25, 0.3) is 5.56 Å². The fraction of sp³-hybridized carbons (Fsp3) is 0.467. The molecule has 6 nitrogen and oxygen atoms in total. The van der Waals surface area contributed by atoms with Crippen molar-refractivity contribution in [2.75, 3.05) is 26.2 Å². The molecule has 0 bridgehead atoms. The molecule has 1 aliphatic heterocycles. The number of carbonyl (C=O) groups excluding carboxylic acids is 1. The molecular formula is C15H19N3O3S. The number of rotatable bonds is 4. The van der Waals surface area contributed by atoms with E-state index in [-0.39, 0.29) is 24.1 Å². The first kappa shape index (κ1) is 15.2. The van der Waals surface area contributed by atoms with Crippen molar-refractivity contribution in [2.24, 2.45) is 5.73 Å². The summed E-state index contributed by atoms with van der Waals surface area (Å²) in [6.45, 7) is 2.28. The highest BCUT2D eigenvalue weighted by atomic mass is 32.1. The van der Waals surface area contributed by atoms with Gasteiger partial charge in [-0.25, -0.2) is 0 Å². The van der Waals surface area contributed by atoms with E-state index in [2.05, 4.69) is 0 Å². The highest BCUT2D eigenvalue weighted by Gasteiger charge is 2.24. The summed E-state index contributed by atoms with van der Waals surface area (Å²) in [5, 5.41) is 0.670. The molecule has 1 saturated heterocycles. The number of nitrogens with two attached hydrogens (primary N) is 1. The molecule has 7 heteroatoms. The maximum atomic E-state index is 12.4. The minimum absolute atomic E-state index is 0.00169. The molecule has 2 N–H and O–H groups in total. The van der Waals surface area contributed by atoms with Gasteiger partial charge >= 0.3 is 0 Å². The van der Waals surface area contributed by atoms with Crippen molar-refractivity contribution in [3.05, 3.63) is 34.6 Å². The SMILES string of the molecule is NCC[C@H]1CN(C(=O)Cn2sc3ccccc3c2=O)CCO1. The Morgan fingerprint density at radius 1 is 1.41 bits per heavy atom. The van der Waals surface area contributed by atoms with E-state index in [1.165, 1.54) is 15.5 Å². The average Bonchev–Trinajstić information content (AvgIpc) is 2.85. The van der Waals surface area contributed by atoms with Crippen molar-refractivity contribution in [3.63, 3.8) is 0 Å². The van der Waals surface area contributed by atoms with Crippen LogP contribution in [0.3, 0.4) is 0 Å². The molecule has 0 spiro atoms. The number of ether oxygens (including phenoxy) is 1. The lowest BCUT2D eigenvalue weighted by Gasteiger charge is -2.32. The average molecular weight is 321 g/mol. The monoisotopic (exact) mass is 321 g/mol. The van der Waals surface area contributed by atoms with Crippen molar-refractivity contribution in [3.8, 4) is 0 Å². The van der Waals surface area contributed by atoms with Crippen LogP contribution in [0, 0.1) is 0 Å². The van der Waals surface area contributed by atoms with Crippen LogP contribution in [0.1, 0.15) is 6.42 Å². The second-order valence-electron chi connectivity index (χ2n) is 5.34. The Kier molecular flexibility index (Phi) is 4.56. The van der Waals surface area contributed by atoms with Crippen molar-refractivity contribution in [1.82, 2.24) is 8.86 Å². The van der Waals surface area contributed by atoms with Crippen molar-refractivity contribution in [1.29, 1.82) is 0 Å². The molecule has 2 heterocycles. The van der Waals surface area contributed by atoms with E-state index in [1.807, 2.05) is 18.2 Å². The Labute approximate surface area is 132 Å². The van der Waals surface area contributed by atoms with E-state index in [0.29, 0.717) is 31.6 Å². The van der Waals surface area contributed by atoms with E-state index >= 15 is 0 Å². The topological polar surface area (TPSA) is 77.6 Å². The normalized spacial score (nSPS) is 18.8. The lowest BCUT2D eigenvalue weighted by Crippen LogP contribution is -2.47. The molecule has 1 aromatic heterocycles. The summed E-state index contributed by atoms with van der Waals surface area (Å²) >= 11 is 1.33. The molecule has 0 radical (unpaired) electrons. The zero-order chi connectivity index (χ0) is 15.5. The van der Waals surface area contributed by atoms with Gasteiger partial charge in [0.1, 0.15) is 6.54 Å². The molecule has 1 amide bonds. The van der Waals surface area contributed by atoms with Gasteiger partial charge in [-0.15, -0.1) is 0 Å². The predicted octanol–water partition coefficient (Wildman–Crippen LogP) is 0.639. The Hall–Kier alpha value is -1.70. The number of benzene rings is 1. The van der Waals surface area contributed by atoms with E-state index in [1.54, 1.807) is 11.0 Å². The Balaban J connectivity index is 1.73. The first-order valence-electron chi connectivity index (χ1n) is 7.37. The number of nitrogens with zero attached hydrogens (tertiary/aromatic N) is 2. The van der Waals surface area contributed by atoms with Gasteiger partial charge in [0, 0.05) is 13.1 Å². The standard InChI is InChI=1S/C15H19N3O3S/c16-6-5-11-9-17(7-8-21-11)14(19)10-18-15(20)12-3-1-2-4-13(12)22-18/h1-4,11H,5-10,16H2/t11-/m0/s1. The molecule has 2 aromatic rings. The third-order valence-corrected chi connectivity index (χ3v) is 4.88. The van der Waals surface area contributed by atoms with Crippen LogP contribution in [0.25, 0.3) is 10.1 Å². The number of amides is 1. The van der Waals surface area contributed by atoms with Gasteiger partial charge < -0.3 is 15.4 Å². The lowest BCUT2D eigenvalue weighted by atomic mass is 10.2. The van der Waals surface area contributed by atoms with Gasteiger partial charge in [-0.05, 0) is 25.1 Å². The zero-order valence-electron chi connectivity index (χ0n) is 12.2. The summed E-state index contributed by atoms with van der Waals surface area (Å²) in [5.74, 6) is -0.0426. The van der Waals surface area contributed by atoms with Crippen molar-refractivity contribution < 1.29 is 9.53 Å². The Bertz CT molecular complexity index is 722. The molecule has 0 aliphatic carbocycles. The van der Waals surface area contributed by atoms with Crippen molar-refractivity contribution >= 4 is 27.5 Å². The molecule has 0 unspecified atom stereocenters. The van der Waals surface area contributed by atoms with Gasteiger partial charge in [-0.2, -0.15) is 0 Å². The number of carbonyl (C=O) groups is 1. The maximum absolute atomic E-state index is 12.4. The van der Waals surface area contributed by atoms with E-state index < -0.39 is 0 Å². The van der Waals surface area contributed by atoms with Crippen LogP contribution in [0.4, 0.5) is 0 Å². The van der Waals surface area contributed by atoms with Crippen LogP contribution in [0.2, 0.25) is 0 Å². The molecule has 22 heavy (non-hydrogen) atoms. The van der Waals surface area contributed by atoms with Gasteiger partial charge in [0.2, 0.25) is 5.91 Å². The smallest absolute Gasteiger partial charge is 0.268 e. The Morgan fingerprint density at radius 2 is 2.23 bits per heavy atom. The zero-order valence-corrected chi connectivity index (χ0v) is 13.1. The molecule has 1 aliphatic rings. The van der Waals surface area contributed by atoms with E-state index in [0.717, 1.165) is 11.1 Å². The fourth-order valence-corrected chi connectivity index (χ4v) is 3.64. The summed E-state index contributed by atoms with van der Waals surface area (Å²) in [6.07, 6.45) is 0.744. The molecular weight excluding hydrogens is 302 g/mol. The van der Waals surface area contributed by atoms with Crippen LogP contribution >= 0.6 is 11.5 Å². The first-order chi connectivity index (χ1) is 10.7. The number of aromatic nitrogens is 1. The molecule has 118 valence electrons. The number of hydrogen-bond acceptors (Lipinski definition) is 5. The quantitative estimate of drug-likeness (QED) is 0.896. The van der Waals surface area contributed by atoms with Gasteiger partial charge in [0.05, 0.1) is 22.8 Å². The van der Waals surface area contributed by atoms with Crippen LogP contribution in [0.15, 0.2) is 29.1 Å². The molecule has 0 saturated carbocycles. The van der Waals surface area contributed by atoms with Gasteiger partial charge in [-0.3, -0.25) is 13.5 Å². The first-order valence-corrected chi connectivity index (χ1v) is 8.14. The second kappa shape index (κ2) is 6.60. The minimum Gasteiger partial charge on any atom is -0.374 e. The van der Waals surface area contributed by atoms with Crippen LogP contribution in [-0.4, -0.2) is 47.1 Å². The molecule has 3 rings (SSSR count). The highest BCUT2D eigenvalue weighted by Crippen LogP contribution is 2.16. The third kappa shape index (κ3) is 3.06. The van der Waals surface area contributed by atoms with Crippen LogP contribution in [-0.2, 0) is 16.1 Å². The molecule has 1 aromatic carbocycles. The van der Waals surface area contributed by atoms with Crippen molar-refractivity contribution in [2.45, 2.75) is 19.1 Å². The summed E-state index contributed by atoms with van der Waals surface area (Å²) in [4.78, 5) is 26.5. The van der Waals surface area contributed by atoms with E-state index in [9.17, 15) is 9.59 Å². The van der Waals surface area contributed by atoms with Gasteiger partial charge in [-0.1, -0.05) is 23.7 Å². The van der Waals surface area contributed by atoms with E-state index in [4.69, 9.17) is 10.5 Å². The summed E-state index contributed by atoms with van der Waals surface area (Å²) in [7, 11) is 0. The lowest BCUT2D eigenvalue weighted by molar-refractivity contribution is -0.139. The number of morpholine rings is 1. The number of hydrogen-bond donors (Lipinski definition) is 1. The molecule has 1 fully saturated rings. The highest BCUT2D eigenvalue weighted by molar-refractivity contribution is 7.13. The summed E-state index contributed by atoms with van der Waals surface area (Å²) in [5.41, 5.74) is 5.44. The van der Waals surface area contributed by atoms with Crippen LogP contribution < -0.4 is 11.3 Å².